The van der Waals surface area contributed by atoms with E-state index in [1.165, 1.54) is 0 Å². The van der Waals surface area contributed by atoms with Gasteiger partial charge in [-0.15, -0.1) is 0 Å². The molecule has 1 aromatic carbocycles. The van der Waals surface area contributed by atoms with E-state index in [1.54, 1.807) is 6.07 Å². The minimum atomic E-state index is -0.407. The second kappa shape index (κ2) is 5.01. The van der Waals surface area contributed by atoms with Gasteiger partial charge in [0.15, 0.2) is 12.4 Å². The maximum atomic E-state index is 10.6. The SMILES string of the molecule is CCC(C=O)Oc1ccc(C)cc1Cl. The van der Waals surface area contributed by atoms with Gasteiger partial charge >= 0.3 is 0 Å². The fraction of sp³-hybridized carbons (Fsp3) is 0.364. The highest BCUT2D eigenvalue weighted by molar-refractivity contribution is 6.32. The molecule has 1 atom stereocenters. The normalized spacial score (nSPS) is 12.2. The third kappa shape index (κ3) is 2.74. The van der Waals surface area contributed by atoms with Crippen molar-refractivity contribution in [2.75, 3.05) is 0 Å². The van der Waals surface area contributed by atoms with E-state index in [4.69, 9.17) is 16.3 Å². The Kier molecular flexibility index (Phi) is 3.96. The smallest absolute Gasteiger partial charge is 0.160 e. The molecular weight excluding hydrogens is 200 g/mol. The number of carbonyl (C=O) groups excluding carboxylic acids is 1. The summed E-state index contributed by atoms with van der Waals surface area (Å²) in [6, 6.07) is 5.50. The highest BCUT2D eigenvalue weighted by Crippen LogP contribution is 2.26. The van der Waals surface area contributed by atoms with Gasteiger partial charge in [0.1, 0.15) is 5.75 Å². The van der Waals surface area contributed by atoms with Crippen molar-refractivity contribution in [3.8, 4) is 5.75 Å². The molecule has 0 fully saturated rings. The van der Waals surface area contributed by atoms with Crippen LogP contribution in [0.3, 0.4) is 0 Å². The number of rotatable bonds is 4. The maximum Gasteiger partial charge on any atom is 0.160 e. The third-order valence-corrected chi connectivity index (χ3v) is 2.22. The summed E-state index contributed by atoms with van der Waals surface area (Å²) in [6.07, 6.45) is 1.03. The molecule has 0 saturated heterocycles. The fourth-order valence-corrected chi connectivity index (χ4v) is 1.35. The monoisotopic (exact) mass is 212 g/mol. The minimum absolute atomic E-state index is 0.407. The Morgan fingerprint density at radius 1 is 1.57 bits per heavy atom. The molecule has 2 nitrogen and oxygen atoms in total. The first-order valence-corrected chi connectivity index (χ1v) is 4.93. The second-order valence-corrected chi connectivity index (χ2v) is 3.54. The van der Waals surface area contributed by atoms with Crippen LogP contribution in [-0.4, -0.2) is 12.4 Å². The molecule has 1 unspecified atom stereocenters. The summed E-state index contributed by atoms with van der Waals surface area (Å²) in [7, 11) is 0. The first kappa shape index (κ1) is 11.1. The third-order valence-electron chi connectivity index (χ3n) is 1.92. The average molecular weight is 213 g/mol. The lowest BCUT2D eigenvalue weighted by Crippen LogP contribution is -2.16. The Morgan fingerprint density at radius 3 is 2.79 bits per heavy atom. The molecule has 0 saturated carbocycles. The van der Waals surface area contributed by atoms with Crippen LogP contribution in [0.15, 0.2) is 18.2 Å². The molecule has 0 heterocycles. The molecule has 0 aliphatic rings. The van der Waals surface area contributed by atoms with Crippen molar-refractivity contribution in [2.45, 2.75) is 26.4 Å². The van der Waals surface area contributed by atoms with Gasteiger partial charge in [-0.25, -0.2) is 0 Å². The second-order valence-electron chi connectivity index (χ2n) is 3.13. The van der Waals surface area contributed by atoms with Crippen LogP contribution in [0.1, 0.15) is 18.9 Å². The van der Waals surface area contributed by atoms with Gasteiger partial charge in [-0.3, -0.25) is 4.79 Å². The Balaban J connectivity index is 2.80. The molecule has 0 N–H and O–H groups in total. The van der Waals surface area contributed by atoms with Gasteiger partial charge in [0.2, 0.25) is 0 Å². The Labute approximate surface area is 88.8 Å². The van der Waals surface area contributed by atoms with Crippen LogP contribution < -0.4 is 4.74 Å². The van der Waals surface area contributed by atoms with Crippen molar-refractivity contribution in [1.29, 1.82) is 0 Å². The average Bonchev–Trinajstić information content (AvgIpc) is 2.17. The van der Waals surface area contributed by atoms with Crippen LogP contribution in [0, 0.1) is 6.92 Å². The van der Waals surface area contributed by atoms with E-state index in [-0.39, 0.29) is 0 Å². The van der Waals surface area contributed by atoms with Gasteiger partial charge in [-0.1, -0.05) is 24.6 Å². The van der Waals surface area contributed by atoms with Crippen molar-refractivity contribution in [1.82, 2.24) is 0 Å². The van der Waals surface area contributed by atoms with E-state index in [0.29, 0.717) is 17.2 Å². The highest BCUT2D eigenvalue weighted by Gasteiger charge is 2.08. The standard InChI is InChI=1S/C11H13ClO2/c1-3-9(7-13)14-11-5-4-8(2)6-10(11)12/h4-7,9H,3H2,1-2H3. The van der Waals surface area contributed by atoms with Gasteiger partial charge in [0.25, 0.3) is 0 Å². The molecule has 0 aliphatic carbocycles. The Morgan fingerprint density at radius 2 is 2.29 bits per heavy atom. The Hall–Kier alpha value is -1.02. The number of carbonyl (C=O) groups is 1. The predicted molar refractivity (Wildman–Crippen MR) is 57.0 cm³/mol. The number of ether oxygens (including phenoxy) is 1. The van der Waals surface area contributed by atoms with Crippen molar-refractivity contribution in [3.63, 3.8) is 0 Å². The van der Waals surface area contributed by atoms with Crippen LogP contribution in [-0.2, 0) is 4.79 Å². The fourth-order valence-electron chi connectivity index (χ4n) is 1.07. The lowest BCUT2D eigenvalue weighted by molar-refractivity contribution is -0.113. The van der Waals surface area contributed by atoms with Gasteiger partial charge < -0.3 is 4.74 Å². The molecule has 1 aromatic rings. The van der Waals surface area contributed by atoms with E-state index >= 15 is 0 Å². The van der Waals surface area contributed by atoms with Crippen molar-refractivity contribution in [2.24, 2.45) is 0 Å². The maximum absolute atomic E-state index is 10.6. The van der Waals surface area contributed by atoms with Crippen LogP contribution in [0.2, 0.25) is 5.02 Å². The largest absolute Gasteiger partial charge is 0.481 e. The number of hydrogen-bond donors (Lipinski definition) is 0. The lowest BCUT2D eigenvalue weighted by atomic mass is 10.2. The van der Waals surface area contributed by atoms with Crippen molar-refractivity contribution in [3.05, 3.63) is 28.8 Å². The lowest BCUT2D eigenvalue weighted by Gasteiger charge is -2.12. The van der Waals surface area contributed by atoms with E-state index < -0.39 is 6.10 Å². The summed E-state index contributed by atoms with van der Waals surface area (Å²) >= 11 is 5.95. The molecule has 0 aromatic heterocycles. The number of benzene rings is 1. The van der Waals surface area contributed by atoms with E-state index in [9.17, 15) is 4.79 Å². The minimum Gasteiger partial charge on any atom is -0.481 e. The first-order valence-electron chi connectivity index (χ1n) is 4.55. The van der Waals surface area contributed by atoms with Gasteiger partial charge in [-0.05, 0) is 31.0 Å². The summed E-state index contributed by atoms with van der Waals surface area (Å²) in [5.74, 6) is 0.566. The van der Waals surface area contributed by atoms with Crippen LogP contribution in [0.5, 0.6) is 5.75 Å². The summed E-state index contributed by atoms with van der Waals surface area (Å²) in [5, 5.41) is 0.547. The van der Waals surface area contributed by atoms with Gasteiger partial charge in [0.05, 0.1) is 5.02 Å². The summed E-state index contributed by atoms with van der Waals surface area (Å²) in [6.45, 7) is 3.84. The zero-order valence-electron chi connectivity index (χ0n) is 8.29. The molecule has 0 spiro atoms. The molecule has 0 amide bonds. The zero-order chi connectivity index (χ0) is 10.6. The number of aryl methyl sites for hydroxylation is 1. The van der Waals surface area contributed by atoms with E-state index in [2.05, 4.69) is 0 Å². The zero-order valence-corrected chi connectivity index (χ0v) is 9.04. The van der Waals surface area contributed by atoms with Crippen molar-refractivity contribution >= 4 is 17.9 Å². The van der Waals surface area contributed by atoms with Gasteiger partial charge in [-0.2, -0.15) is 0 Å². The Bertz CT molecular complexity index is 323. The summed E-state index contributed by atoms with van der Waals surface area (Å²) in [4.78, 5) is 10.6. The topological polar surface area (TPSA) is 26.3 Å². The van der Waals surface area contributed by atoms with E-state index in [1.807, 2.05) is 26.0 Å². The molecule has 0 radical (unpaired) electrons. The molecule has 14 heavy (non-hydrogen) atoms. The van der Waals surface area contributed by atoms with Gasteiger partial charge in [0, 0.05) is 0 Å². The molecule has 0 aliphatic heterocycles. The summed E-state index contributed by atoms with van der Waals surface area (Å²) in [5.41, 5.74) is 1.07. The highest BCUT2D eigenvalue weighted by atomic mass is 35.5. The van der Waals surface area contributed by atoms with Crippen molar-refractivity contribution < 1.29 is 9.53 Å². The quantitative estimate of drug-likeness (QED) is 0.718. The molecule has 1 rings (SSSR count). The number of aldehydes is 1. The summed E-state index contributed by atoms with van der Waals surface area (Å²) < 4.78 is 5.40. The van der Waals surface area contributed by atoms with Crippen LogP contribution >= 0.6 is 11.6 Å². The number of halogens is 1. The first-order chi connectivity index (χ1) is 6.67. The van der Waals surface area contributed by atoms with E-state index in [0.717, 1.165) is 11.8 Å². The molecule has 0 bridgehead atoms. The van der Waals surface area contributed by atoms with Crippen LogP contribution in [0.25, 0.3) is 0 Å². The molecule has 76 valence electrons. The molecule has 3 heteroatoms. The van der Waals surface area contributed by atoms with Crippen LogP contribution in [0.4, 0.5) is 0 Å². The number of hydrogen-bond acceptors (Lipinski definition) is 2. The molecular formula is C11H13ClO2. The predicted octanol–water partition coefficient (Wildman–Crippen LogP) is 3.00.